The van der Waals surface area contributed by atoms with Crippen LogP contribution in [0.25, 0.3) is 77.3 Å². The Hall–Kier alpha value is -7.11. The third-order valence-electron chi connectivity index (χ3n) is 10.4. The second-order valence-electron chi connectivity index (χ2n) is 13.3. The molecule has 0 spiro atoms. The molecule has 0 atom stereocenters. The molecule has 0 saturated heterocycles. The van der Waals surface area contributed by atoms with Gasteiger partial charge in [0.2, 0.25) is 0 Å². The van der Waals surface area contributed by atoms with Gasteiger partial charge < -0.3 is 0 Å². The zero-order valence-corrected chi connectivity index (χ0v) is 27.8. The van der Waals surface area contributed by atoms with Crippen LogP contribution in [0.3, 0.4) is 0 Å². The molecule has 5 nitrogen and oxygen atoms in total. The van der Waals surface area contributed by atoms with Gasteiger partial charge in [0.05, 0.1) is 34.0 Å². The minimum absolute atomic E-state index is 0.729. The van der Waals surface area contributed by atoms with E-state index < -0.39 is 0 Å². The maximum Gasteiger partial charge on any atom is 0.0976 e. The fraction of sp³-hybridized carbons (Fsp3) is 0. The molecule has 0 fully saturated rings. The quantitative estimate of drug-likeness (QED) is 0.176. The Labute approximate surface area is 298 Å². The third-order valence-corrected chi connectivity index (χ3v) is 10.4. The molecular formula is C47H27N5. The average molecular weight is 662 g/mol. The van der Waals surface area contributed by atoms with E-state index in [1.807, 2.05) is 12.1 Å². The van der Waals surface area contributed by atoms with E-state index in [1.165, 1.54) is 10.8 Å². The Morgan fingerprint density at radius 3 is 1.92 bits per heavy atom. The van der Waals surface area contributed by atoms with Gasteiger partial charge in [0.15, 0.2) is 0 Å². The fourth-order valence-electron chi connectivity index (χ4n) is 8.19. The van der Waals surface area contributed by atoms with Gasteiger partial charge in [0, 0.05) is 32.7 Å². The van der Waals surface area contributed by atoms with Crippen molar-refractivity contribution in [1.29, 1.82) is 0 Å². The highest BCUT2D eigenvalue weighted by molar-refractivity contribution is 6.17. The van der Waals surface area contributed by atoms with Crippen LogP contribution in [0.5, 0.6) is 0 Å². The standard InChI is InChI=1S/C47H27N5/c1-3-11-28(12-4-1)33-20-19-32-25-30-15-7-8-16-31(30)26-36(32)42(33)43-37(29-13-5-2-6-14-29)27-41-45(44(43)40-23-24-48-52-51-40)46-39(49-41)22-21-35-34-17-9-10-18-38(34)50-47(35)46/h1-27H. The lowest BCUT2D eigenvalue weighted by Gasteiger charge is -2.23. The van der Waals surface area contributed by atoms with Crippen LogP contribution >= 0.6 is 0 Å². The van der Waals surface area contributed by atoms with Gasteiger partial charge in [-0.05, 0) is 97.0 Å². The van der Waals surface area contributed by atoms with Gasteiger partial charge in [-0.25, -0.2) is 9.98 Å². The largest absolute Gasteiger partial charge is 0.248 e. The lowest BCUT2D eigenvalue weighted by atomic mass is 9.79. The summed E-state index contributed by atoms with van der Waals surface area (Å²) in [5.74, 6) is 0. The molecule has 9 aromatic rings. The number of hydrogen-bond donors (Lipinski definition) is 0. The fourth-order valence-corrected chi connectivity index (χ4v) is 8.19. The summed E-state index contributed by atoms with van der Waals surface area (Å²) < 4.78 is 0. The first-order valence-corrected chi connectivity index (χ1v) is 17.4. The molecule has 0 bridgehead atoms. The van der Waals surface area contributed by atoms with Crippen molar-refractivity contribution in [1.82, 2.24) is 15.4 Å². The van der Waals surface area contributed by atoms with E-state index in [2.05, 4.69) is 156 Å². The predicted molar refractivity (Wildman–Crippen MR) is 208 cm³/mol. The first kappa shape index (κ1) is 28.7. The van der Waals surface area contributed by atoms with Crippen molar-refractivity contribution in [3.8, 4) is 55.8 Å². The highest BCUT2D eigenvalue weighted by Gasteiger charge is 2.31. The Kier molecular flexibility index (Phi) is 6.18. The second kappa shape index (κ2) is 11.2. The summed E-state index contributed by atoms with van der Waals surface area (Å²) in [6.45, 7) is 0. The summed E-state index contributed by atoms with van der Waals surface area (Å²) in [4.78, 5) is 10.6. The van der Waals surface area contributed by atoms with Crippen LogP contribution in [0.2, 0.25) is 0 Å². The molecular weight excluding hydrogens is 635 g/mol. The van der Waals surface area contributed by atoms with E-state index in [9.17, 15) is 0 Å². The number of nitrogens with zero attached hydrogens (tertiary/aromatic N) is 5. The maximum atomic E-state index is 5.32. The molecule has 11 rings (SSSR count). The van der Waals surface area contributed by atoms with Crippen LogP contribution in [0.1, 0.15) is 0 Å². The molecule has 0 radical (unpaired) electrons. The van der Waals surface area contributed by atoms with Crippen molar-refractivity contribution in [2.45, 2.75) is 0 Å². The Morgan fingerprint density at radius 1 is 0.404 bits per heavy atom. The van der Waals surface area contributed by atoms with Crippen molar-refractivity contribution in [3.05, 3.63) is 185 Å². The predicted octanol–water partition coefficient (Wildman–Crippen LogP) is 10.3. The van der Waals surface area contributed by atoms with Gasteiger partial charge in [-0.2, -0.15) is 0 Å². The van der Waals surface area contributed by atoms with Gasteiger partial charge >= 0.3 is 0 Å². The van der Waals surface area contributed by atoms with Crippen molar-refractivity contribution < 1.29 is 0 Å². The van der Waals surface area contributed by atoms with Gasteiger partial charge in [0.25, 0.3) is 0 Å². The van der Waals surface area contributed by atoms with Gasteiger partial charge in [-0.15, -0.1) is 10.2 Å². The minimum atomic E-state index is 0.729. The third kappa shape index (κ3) is 4.26. The minimum Gasteiger partial charge on any atom is -0.248 e. The second-order valence-corrected chi connectivity index (χ2v) is 13.3. The zero-order chi connectivity index (χ0) is 34.2. The summed E-state index contributed by atoms with van der Waals surface area (Å²) in [6, 6.07) is 55.9. The van der Waals surface area contributed by atoms with E-state index >= 15 is 0 Å². The van der Waals surface area contributed by atoms with Crippen LogP contribution in [0.4, 0.5) is 11.4 Å². The number of benzene rings is 8. The molecule has 8 aromatic carbocycles. The maximum absolute atomic E-state index is 5.32. The van der Waals surface area contributed by atoms with Gasteiger partial charge in [-0.1, -0.05) is 115 Å². The summed E-state index contributed by atoms with van der Waals surface area (Å²) in [5, 5.41) is 21.9. The highest BCUT2D eigenvalue weighted by Crippen LogP contribution is 2.55. The van der Waals surface area contributed by atoms with Crippen LogP contribution < -0.4 is 10.7 Å². The van der Waals surface area contributed by atoms with E-state index in [1.54, 1.807) is 6.20 Å². The number of fused-ring (bicyclic) bond motifs is 8. The Morgan fingerprint density at radius 2 is 1.13 bits per heavy atom. The molecule has 0 saturated carbocycles. The van der Waals surface area contributed by atoms with Crippen molar-refractivity contribution in [2.75, 3.05) is 0 Å². The van der Waals surface area contributed by atoms with Gasteiger partial charge in [-0.3, -0.25) is 0 Å². The van der Waals surface area contributed by atoms with Crippen LogP contribution in [-0.2, 0) is 0 Å². The lowest BCUT2D eigenvalue weighted by molar-refractivity contribution is 0.871. The SMILES string of the molecule is c1ccc(-c2cc3c(c(-c4ccnnn4)c2-c2c(-c4ccccc4)ccc4cc5ccccc5cc24)-c2c4c(ccc2=N3)=c2ccccc2=N4)cc1. The molecule has 2 aliphatic rings. The van der Waals surface area contributed by atoms with Crippen LogP contribution in [0, 0.1) is 10.4 Å². The average Bonchev–Trinajstić information content (AvgIpc) is 3.78. The molecule has 1 aromatic heterocycles. The molecule has 2 aliphatic heterocycles. The smallest absolute Gasteiger partial charge is 0.0976 e. The molecule has 0 N–H and O–H groups in total. The Balaban J connectivity index is 1.38. The normalized spacial score (nSPS) is 12.2. The van der Waals surface area contributed by atoms with Crippen molar-refractivity contribution >= 4 is 32.9 Å². The lowest BCUT2D eigenvalue weighted by Crippen LogP contribution is -2.03. The number of aromatic nitrogens is 3. The molecule has 5 heteroatoms. The Bertz CT molecular complexity index is 3160. The van der Waals surface area contributed by atoms with E-state index in [0.717, 1.165) is 99.1 Å². The summed E-state index contributed by atoms with van der Waals surface area (Å²) in [6.07, 6.45) is 1.73. The monoisotopic (exact) mass is 661 g/mol. The molecule has 3 heterocycles. The number of hydrogen-bond acceptors (Lipinski definition) is 5. The first-order valence-electron chi connectivity index (χ1n) is 17.4. The first-order chi connectivity index (χ1) is 25.8. The summed E-state index contributed by atoms with van der Waals surface area (Å²) in [5.41, 5.74) is 12.2. The molecule has 0 aliphatic carbocycles. The number of rotatable bonds is 4. The molecule has 52 heavy (non-hydrogen) atoms. The van der Waals surface area contributed by atoms with E-state index in [4.69, 9.17) is 15.1 Å². The molecule has 0 amide bonds. The van der Waals surface area contributed by atoms with Crippen LogP contribution in [-0.4, -0.2) is 15.4 Å². The topological polar surface area (TPSA) is 63.4 Å². The van der Waals surface area contributed by atoms with E-state index in [0.29, 0.717) is 0 Å². The van der Waals surface area contributed by atoms with Crippen LogP contribution in [0.15, 0.2) is 174 Å². The molecule has 0 unspecified atom stereocenters. The van der Waals surface area contributed by atoms with E-state index in [-0.39, 0.29) is 0 Å². The van der Waals surface area contributed by atoms with Crippen molar-refractivity contribution in [2.24, 2.45) is 9.98 Å². The van der Waals surface area contributed by atoms with Gasteiger partial charge in [0.1, 0.15) is 0 Å². The molecule has 240 valence electrons. The number of para-hydroxylation sites is 1. The summed E-state index contributed by atoms with van der Waals surface area (Å²) in [7, 11) is 0. The van der Waals surface area contributed by atoms with Crippen molar-refractivity contribution in [3.63, 3.8) is 0 Å². The summed E-state index contributed by atoms with van der Waals surface area (Å²) >= 11 is 0. The zero-order valence-electron chi connectivity index (χ0n) is 27.8. The highest BCUT2D eigenvalue weighted by atomic mass is 15.3.